The molecule has 1 heteroatoms. The van der Waals surface area contributed by atoms with Gasteiger partial charge in [0.15, 0.2) is 0 Å². The molecular formula is C20H31Cl. The zero-order chi connectivity index (χ0) is 15.2. The van der Waals surface area contributed by atoms with Crippen molar-refractivity contribution in [2.45, 2.75) is 88.3 Å². The van der Waals surface area contributed by atoms with E-state index in [0.29, 0.717) is 0 Å². The van der Waals surface area contributed by atoms with Crippen LogP contribution in [-0.2, 0) is 5.41 Å². The number of hydrogen-bond acceptors (Lipinski definition) is 0. The van der Waals surface area contributed by atoms with E-state index in [1.165, 1.54) is 63.4 Å². The first-order valence-electron chi connectivity index (χ1n) is 8.93. The molecule has 1 saturated carbocycles. The molecule has 0 spiro atoms. The highest BCUT2D eigenvalue weighted by molar-refractivity contribution is 6.25. The third-order valence-corrected chi connectivity index (χ3v) is 6.20. The fraction of sp³-hybridized carbons (Fsp3) is 0.700. The van der Waals surface area contributed by atoms with Crippen LogP contribution in [-0.4, -0.2) is 4.87 Å². The van der Waals surface area contributed by atoms with Gasteiger partial charge in [0, 0.05) is 5.41 Å². The molecule has 118 valence electrons. The molecule has 0 N–H and O–H groups in total. The van der Waals surface area contributed by atoms with Gasteiger partial charge in [-0.05, 0) is 31.2 Å². The van der Waals surface area contributed by atoms with Crippen LogP contribution < -0.4 is 0 Å². The molecule has 0 radical (unpaired) electrons. The number of halogens is 1. The van der Waals surface area contributed by atoms with Crippen LogP contribution in [0.2, 0.25) is 0 Å². The fourth-order valence-electron chi connectivity index (χ4n) is 4.39. The van der Waals surface area contributed by atoms with Crippen molar-refractivity contribution in [2.75, 3.05) is 0 Å². The lowest BCUT2D eigenvalue weighted by Gasteiger charge is -2.51. The second-order valence-corrected chi connectivity index (χ2v) is 7.55. The minimum absolute atomic E-state index is 0.0326. The van der Waals surface area contributed by atoms with E-state index < -0.39 is 0 Å². The summed E-state index contributed by atoms with van der Waals surface area (Å²) in [5.41, 5.74) is 1.68. The maximum Gasteiger partial charge on any atom is 0.0543 e. The van der Waals surface area contributed by atoms with E-state index in [1.807, 2.05) is 0 Å². The van der Waals surface area contributed by atoms with Crippen LogP contribution in [0.5, 0.6) is 0 Å². The van der Waals surface area contributed by atoms with Gasteiger partial charge in [0.2, 0.25) is 0 Å². The van der Waals surface area contributed by atoms with E-state index in [-0.39, 0.29) is 10.3 Å². The maximum atomic E-state index is 7.31. The van der Waals surface area contributed by atoms with Gasteiger partial charge in [0.05, 0.1) is 4.87 Å². The first-order chi connectivity index (χ1) is 10.2. The summed E-state index contributed by atoms with van der Waals surface area (Å²) in [7, 11) is 0. The highest BCUT2D eigenvalue weighted by Gasteiger charge is 2.51. The Balaban J connectivity index is 2.37. The third-order valence-electron chi connectivity index (χ3n) is 5.46. The topological polar surface area (TPSA) is 0 Å². The summed E-state index contributed by atoms with van der Waals surface area (Å²) < 4.78 is 0. The maximum absolute atomic E-state index is 7.31. The summed E-state index contributed by atoms with van der Waals surface area (Å²) in [6.07, 6.45) is 12.6. The van der Waals surface area contributed by atoms with E-state index >= 15 is 0 Å². The number of hydrogen-bond donors (Lipinski definition) is 0. The second-order valence-electron chi connectivity index (χ2n) is 6.83. The molecule has 1 fully saturated rings. The normalized spacial score (nSPS) is 29.5. The highest BCUT2D eigenvalue weighted by atomic mass is 35.5. The van der Waals surface area contributed by atoms with Gasteiger partial charge in [-0.25, -0.2) is 0 Å². The molecule has 0 aromatic heterocycles. The quantitative estimate of drug-likeness (QED) is 0.381. The predicted molar refractivity (Wildman–Crippen MR) is 94.2 cm³/mol. The van der Waals surface area contributed by atoms with Crippen molar-refractivity contribution in [2.24, 2.45) is 0 Å². The van der Waals surface area contributed by atoms with Crippen LogP contribution in [0.4, 0.5) is 0 Å². The molecule has 0 aliphatic heterocycles. The van der Waals surface area contributed by atoms with E-state index in [9.17, 15) is 0 Å². The lowest BCUT2D eigenvalue weighted by Crippen LogP contribution is -2.50. The predicted octanol–water partition coefficient (Wildman–Crippen LogP) is 6.86. The van der Waals surface area contributed by atoms with Crippen molar-refractivity contribution < 1.29 is 0 Å². The van der Waals surface area contributed by atoms with E-state index in [4.69, 9.17) is 11.6 Å². The van der Waals surface area contributed by atoms with E-state index in [2.05, 4.69) is 44.2 Å². The third kappa shape index (κ3) is 3.47. The molecule has 2 rings (SSSR count). The summed E-state index contributed by atoms with van der Waals surface area (Å²) in [6, 6.07) is 11.2. The lowest BCUT2D eigenvalue weighted by atomic mass is 9.58. The van der Waals surface area contributed by atoms with Crippen LogP contribution in [0.25, 0.3) is 0 Å². The number of alkyl halides is 1. The van der Waals surface area contributed by atoms with Crippen LogP contribution in [0.3, 0.4) is 0 Å². The number of unbranched alkanes of at least 4 members (excludes halogenated alkanes) is 2. The Kier molecular flexibility index (Phi) is 6.17. The van der Waals surface area contributed by atoms with Crippen molar-refractivity contribution in [3.8, 4) is 0 Å². The fourth-order valence-corrected chi connectivity index (χ4v) is 5.01. The van der Waals surface area contributed by atoms with Crippen molar-refractivity contribution in [3.63, 3.8) is 0 Å². The summed E-state index contributed by atoms with van der Waals surface area (Å²) in [5, 5.41) is 0. The molecule has 1 aliphatic carbocycles. The van der Waals surface area contributed by atoms with Gasteiger partial charge in [-0.1, -0.05) is 82.7 Å². The molecule has 1 aromatic rings. The van der Waals surface area contributed by atoms with Crippen molar-refractivity contribution in [1.29, 1.82) is 0 Å². The molecule has 21 heavy (non-hydrogen) atoms. The molecule has 0 heterocycles. The number of rotatable bonds is 7. The summed E-state index contributed by atoms with van der Waals surface area (Å²) in [5.74, 6) is 0. The SMILES string of the molecule is CCCCCC1(c2ccccc2)CCCCC1(Cl)CCC. The van der Waals surface area contributed by atoms with Crippen molar-refractivity contribution >= 4 is 11.6 Å². The van der Waals surface area contributed by atoms with Crippen molar-refractivity contribution in [3.05, 3.63) is 35.9 Å². The van der Waals surface area contributed by atoms with Crippen molar-refractivity contribution in [1.82, 2.24) is 0 Å². The van der Waals surface area contributed by atoms with Crippen LogP contribution in [0.1, 0.15) is 83.6 Å². The Labute approximate surface area is 136 Å². The Hall–Kier alpha value is -0.490. The Bertz CT molecular complexity index is 409. The minimum atomic E-state index is -0.0326. The molecule has 0 nitrogen and oxygen atoms in total. The van der Waals surface area contributed by atoms with Crippen LogP contribution in [0, 0.1) is 0 Å². The van der Waals surface area contributed by atoms with Gasteiger partial charge in [0.25, 0.3) is 0 Å². The summed E-state index contributed by atoms with van der Waals surface area (Å²) >= 11 is 7.31. The first-order valence-corrected chi connectivity index (χ1v) is 9.31. The molecule has 1 aromatic carbocycles. The van der Waals surface area contributed by atoms with E-state index in [1.54, 1.807) is 0 Å². The van der Waals surface area contributed by atoms with Gasteiger partial charge in [-0.3, -0.25) is 0 Å². The van der Waals surface area contributed by atoms with Crippen LogP contribution >= 0.6 is 11.6 Å². The second kappa shape index (κ2) is 7.68. The monoisotopic (exact) mass is 306 g/mol. The zero-order valence-corrected chi connectivity index (χ0v) is 14.6. The highest BCUT2D eigenvalue weighted by Crippen LogP contribution is 2.55. The summed E-state index contributed by atoms with van der Waals surface area (Å²) in [4.78, 5) is -0.0326. The van der Waals surface area contributed by atoms with Gasteiger partial charge in [-0.2, -0.15) is 0 Å². The van der Waals surface area contributed by atoms with Gasteiger partial charge >= 0.3 is 0 Å². The molecule has 0 saturated heterocycles. The summed E-state index contributed by atoms with van der Waals surface area (Å²) in [6.45, 7) is 4.57. The molecule has 2 atom stereocenters. The largest absolute Gasteiger partial charge is 0.118 e. The molecule has 0 amide bonds. The molecular weight excluding hydrogens is 276 g/mol. The molecule has 2 unspecified atom stereocenters. The first kappa shape index (κ1) is 16.9. The molecule has 0 bridgehead atoms. The average molecular weight is 307 g/mol. The van der Waals surface area contributed by atoms with Crippen LogP contribution in [0.15, 0.2) is 30.3 Å². The van der Waals surface area contributed by atoms with Gasteiger partial charge < -0.3 is 0 Å². The van der Waals surface area contributed by atoms with Gasteiger partial charge in [-0.15, -0.1) is 11.6 Å². The minimum Gasteiger partial charge on any atom is -0.118 e. The molecule has 1 aliphatic rings. The smallest absolute Gasteiger partial charge is 0.0543 e. The Morgan fingerprint density at radius 2 is 1.62 bits per heavy atom. The standard InChI is InChI=1S/C20H31Cl/c1-3-5-9-15-19(18-12-7-6-8-13-18)16-10-11-17-20(19,21)14-4-2/h6-8,12-13H,3-5,9-11,14-17H2,1-2H3. The Morgan fingerprint density at radius 1 is 0.905 bits per heavy atom. The lowest BCUT2D eigenvalue weighted by molar-refractivity contribution is 0.180. The zero-order valence-electron chi connectivity index (χ0n) is 13.8. The van der Waals surface area contributed by atoms with Gasteiger partial charge in [0.1, 0.15) is 0 Å². The average Bonchev–Trinajstić information content (AvgIpc) is 2.51. The van der Waals surface area contributed by atoms with E-state index in [0.717, 1.165) is 6.42 Å². The Morgan fingerprint density at radius 3 is 2.29 bits per heavy atom. The number of benzene rings is 1.